The highest BCUT2D eigenvalue weighted by atomic mass is 19.3. The molecule has 0 amide bonds. The second-order valence-electron chi connectivity index (χ2n) is 3.38. The van der Waals surface area contributed by atoms with Crippen LogP contribution in [-0.4, -0.2) is 22.2 Å². The number of carboxylic acid groups (broad SMARTS) is 1. The zero-order valence-corrected chi connectivity index (χ0v) is 7.04. The smallest absolute Gasteiger partial charge is 0.340 e. The molecule has 0 spiro atoms. The maximum Gasteiger partial charge on any atom is 0.340 e. The maximum atomic E-state index is 12.5. The number of nitrogens with zero attached hydrogens (tertiary/aromatic N) is 1. The van der Waals surface area contributed by atoms with Gasteiger partial charge in [-0.2, -0.15) is 0 Å². The SMILES string of the molecule is O=C(O)c1conc1C1CC(F)(F)C1. The second-order valence-corrected chi connectivity index (χ2v) is 3.38. The summed E-state index contributed by atoms with van der Waals surface area (Å²) < 4.78 is 29.5. The molecule has 4 nitrogen and oxygen atoms in total. The summed E-state index contributed by atoms with van der Waals surface area (Å²) in [6.07, 6.45) is 0.272. The highest BCUT2D eigenvalue weighted by molar-refractivity contribution is 5.88. The number of carbonyl (C=O) groups is 1. The van der Waals surface area contributed by atoms with Gasteiger partial charge in [0.15, 0.2) is 0 Å². The Labute approximate surface area is 77.5 Å². The molecule has 14 heavy (non-hydrogen) atoms. The van der Waals surface area contributed by atoms with E-state index >= 15 is 0 Å². The van der Waals surface area contributed by atoms with Crippen molar-refractivity contribution in [3.63, 3.8) is 0 Å². The Morgan fingerprint density at radius 3 is 2.79 bits per heavy atom. The molecule has 0 aromatic carbocycles. The predicted molar refractivity (Wildman–Crippen MR) is 40.4 cm³/mol. The molecule has 0 saturated heterocycles. The molecule has 1 aliphatic rings. The number of carboxylic acids is 1. The monoisotopic (exact) mass is 203 g/mol. The first-order chi connectivity index (χ1) is 6.49. The van der Waals surface area contributed by atoms with Gasteiger partial charge in [-0.3, -0.25) is 0 Å². The van der Waals surface area contributed by atoms with Gasteiger partial charge in [0, 0.05) is 18.8 Å². The zero-order valence-electron chi connectivity index (χ0n) is 7.04. The predicted octanol–water partition coefficient (Wildman–Crippen LogP) is 1.89. The van der Waals surface area contributed by atoms with E-state index in [1.165, 1.54) is 0 Å². The Morgan fingerprint density at radius 2 is 2.29 bits per heavy atom. The number of aromatic carboxylic acids is 1. The summed E-state index contributed by atoms with van der Waals surface area (Å²) in [5.41, 5.74) is 0.00826. The van der Waals surface area contributed by atoms with Crippen LogP contribution >= 0.6 is 0 Å². The van der Waals surface area contributed by atoms with Crippen molar-refractivity contribution in [3.05, 3.63) is 17.5 Å². The summed E-state index contributed by atoms with van der Waals surface area (Å²) in [6.45, 7) is 0. The Morgan fingerprint density at radius 1 is 1.64 bits per heavy atom. The van der Waals surface area contributed by atoms with Crippen LogP contribution in [0, 0.1) is 0 Å². The van der Waals surface area contributed by atoms with Gasteiger partial charge in [-0.1, -0.05) is 5.16 Å². The molecule has 6 heteroatoms. The van der Waals surface area contributed by atoms with Crippen LogP contribution in [0.1, 0.15) is 34.8 Å². The number of halogens is 2. The molecule has 1 aliphatic carbocycles. The Kier molecular flexibility index (Phi) is 1.80. The molecule has 0 unspecified atom stereocenters. The molecule has 1 aromatic heterocycles. The number of rotatable bonds is 2. The van der Waals surface area contributed by atoms with Gasteiger partial charge in [-0.15, -0.1) is 0 Å². The summed E-state index contributed by atoms with van der Waals surface area (Å²) in [5.74, 6) is -4.37. The average Bonchev–Trinajstić information content (AvgIpc) is 2.46. The van der Waals surface area contributed by atoms with Gasteiger partial charge in [0.2, 0.25) is 5.92 Å². The fourth-order valence-corrected chi connectivity index (χ4v) is 1.55. The highest BCUT2D eigenvalue weighted by Crippen LogP contribution is 2.48. The number of aromatic nitrogens is 1. The molecule has 0 atom stereocenters. The van der Waals surface area contributed by atoms with Crippen LogP contribution in [0.15, 0.2) is 10.8 Å². The van der Waals surface area contributed by atoms with Crippen molar-refractivity contribution >= 4 is 5.97 Å². The van der Waals surface area contributed by atoms with Gasteiger partial charge < -0.3 is 9.63 Å². The van der Waals surface area contributed by atoms with Crippen molar-refractivity contribution < 1.29 is 23.2 Å². The van der Waals surface area contributed by atoms with Crippen LogP contribution in [0.25, 0.3) is 0 Å². The minimum absolute atomic E-state index is 0.120. The quantitative estimate of drug-likeness (QED) is 0.797. The summed E-state index contributed by atoms with van der Waals surface area (Å²) in [4.78, 5) is 10.6. The first-order valence-corrected chi connectivity index (χ1v) is 4.05. The fourth-order valence-electron chi connectivity index (χ4n) is 1.55. The van der Waals surface area contributed by atoms with E-state index in [-0.39, 0.29) is 24.1 Å². The third-order valence-electron chi connectivity index (χ3n) is 2.30. The molecule has 0 aliphatic heterocycles. The number of alkyl halides is 2. The van der Waals surface area contributed by atoms with Crippen molar-refractivity contribution in [1.29, 1.82) is 0 Å². The Hall–Kier alpha value is -1.46. The van der Waals surface area contributed by atoms with Gasteiger partial charge in [0.05, 0.1) is 0 Å². The van der Waals surface area contributed by atoms with E-state index in [1.807, 2.05) is 0 Å². The Balaban J connectivity index is 2.18. The molecule has 1 heterocycles. The van der Waals surface area contributed by atoms with Crippen molar-refractivity contribution in [2.75, 3.05) is 0 Å². The molecular weight excluding hydrogens is 196 g/mol. The number of hydrogen-bond donors (Lipinski definition) is 1. The molecule has 1 fully saturated rings. The fraction of sp³-hybridized carbons (Fsp3) is 0.500. The maximum absolute atomic E-state index is 12.5. The lowest BCUT2D eigenvalue weighted by Crippen LogP contribution is -2.34. The summed E-state index contributed by atoms with van der Waals surface area (Å²) in [5, 5.41) is 12.1. The minimum atomic E-state index is -2.68. The van der Waals surface area contributed by atoms with Crippen LogP contribution in [0.4, 0.5) is 8.78 Å². The minimum Gasteiger partial charge on any atom is -0.478 e. The average molecular weight is 203 g/mol. The van der Waals surface area contributed by atoms with Crippen molar-refractivity contribution in [2.45, 2.75) is 24.7 Å². The van der Waals surface area contributed by atoms with Crippen molar-refractivity contribution in [2.24, 2.45) is 0 Å². The molecule has 1 N–H and O–H groups in total. The van der Waals surface area contributed by atoms with Crippen LogP contribution in [0.3, 0.4) is 0 Å². The normalized spacial score (nSPS) is 20.4. The third-order valence-corrected chi connectivity index (χ3v) is 2.30. The molecule has 0 radical (unpaired) electrons. The van der Waals surface area contributed by atoms with Crippen LogP contribution < -0.4 is 0 Å². The first-order valence-electron chi connectivity index (χ1n) is 4.05. The zero-order chi connectivity index (χ0) is 10.3. The largest absolute Gasteiger partial charge is 0.478 e. The standard InChI is InChI=1S/C8H7F2NO3/c9-8(10)1-4(2-8)6-5(7(12)13)3-14-11-6/h3-4H,1-2H2,(H,12,13). The van der Waals surface area contributed by atoms with Crippen LogP contribution in [-0.2, 0) is 0 Å². The lowest BCUT2D eigenvalue weighted by atomic mass is 9.78. The van der Waals surface area contributed by atoms with Crippen molar-refractivity contribution in [3.8, 4) is 0 Å². The molecule has 1 aromatic rings. The Bertz CT molecular complexity index is 366. The van der Waals surface area contributed by atoms with E-state index in [0.717, 1.165) is 6.26 Å². The topological polar surface area (TPSA) is 63.3 Å². The van der Waals surface area contributed by atoms with Gasteiger partial charge >= 0.3 is 5.97 Å². The lowest BCUT2D eigenvalue weighted by Gasteiger charge is -2.33. The number of hydrogen-bond acceptors (Lipinski definition) is 3. The van der Waals surface area contributed by atoms with Crippen LogP contribution in [0.5, 0.6) is 0 Å². The van der Waals surface area contributed by atoms with Crippen LogP contribution in [0.2, 0.25) is 0 Å². The first kappa shape index (κ1) is 9.11. The van der Waals surface area contributed by atoms with E-state index in [4.69, 9.17) is 5.11 Å². The molecule has 76 valence electrons. The lowest BCUT2D eigenvalue weighted by molar-refractivity contribution is -0.0881. The summed E-state index contributed by atoms with van der Waals surface area (Å²) >= 11 is 0. The van der Waals surface area contributed by atoms with Gasteiger partial charge in [-0.05, 0) is 0 Å². The highest BCUT2D eigenvalue weighted by Gasteiger charge is 2.48. The van der Waals surface area contributed by atoms with E-state index in [1.54, 1.807) is 0 Å². The van der Waals surface area contributed by atoms with Gasteiger partial charge in [0.25, 0.3) is 0 Å². The third kappa shape index (κ3) is 1.36. The second kappa shape index (κ2) is 2.76. The molecular formula is C8H7F2NO3. The van der Waals surface area contributed by atoms with E-state index < -0.39 is 17.8 Å². The molecule has 1 saturated carbocycles. The van der Waals surface area contributed by atoms with E-state index in [9.17, 15) is 13.6 Å². The van der Waals surface area contributed by atoms with E-state index in [0.29, 0.717) is 0 Å². The van der Waals surface area contributed by atoms with Crippen molar-refractivity contribution in [1.82, 2.24) is 5.16 Å². The summed E-state index contributed by atoms with van der Waals surface area (Å²) in [7, 11) is 0. The van der Waals surface area contributed by atoms with E-state index in [2.05, 4.69) is 9.68 Å². The van der Waals surface area contributed by atoms with Gasteiger partial charge in [-0.25, -0.2) is 13.6 Å². The summed E-state index contributed by atoms with van der Waals surface area (Å²) in [6, 6.07) is 0. The van der Waals surface area contributed by atoms with Gasteiger partial charge in [0.1, 0.15) is 17.5 Å². The molecule has 0 bridgehead atoms. The molecule has 2 rings (SSSR count).